The van der Waals surface area contributed by atoms with Gasteiger partial charge in [-0.3, -0.25) is 0 Å². The smallest absolute Gasteiger partial charge is 0.224 e. The number of hydrogen-bond donors (Lipinski definition) is 1. The van der Waals surface area contributed by atoms with E-state index < -0.39 is 0 Å². The van der Waals surface area contributed by atoms with Crippen LogP contribution in [0.15, 0.2) is 12.3 Å². The Bertz CT molecular complexity index is 379. The fourth-order valence-corrected chi connectivity index (χ4v) is 2.45. The van der Waals surface area contributed by atoms with Crippen molar-refractivity contribution in [1.82, 2.24) is 14.9 Å². The molecule has 0 spiro atoms. The molecule has 1 saturated heterocycles. The molecule has 1 aromatic rings. The Balaban J connectivity index is 2.13. The van der Waals surface area contributed by atoms with Crippen LogP contribution in [-0.4, -0.2) is 55.1 Å². The summed E-state index contributed by atoms with van der Waals surface area (Å²) in [6.45, 7) is 4.39. The van der Waals surface area contributed by atoms with Crippen LogP contribution in [0.25, 0.3) is 0 Å². The number of rotatable bonds is 3. The molecule has 0 aromatic carbocycles. The van der Waals surface area contributed by atoms with Gasteiger partial charge in [0, 0.05) is 32.4 Å². The van der Waals surface area contributed by atoms with Gasteiger partial charge in [-0.05, 0) is 26.1 Å². The van der Waals surface area contributed by atoms with Gasteiger partial charge in [0.05, 0.1) is 0 Å². The molecule has 0 radical (unpaired) electrons. The molecule has 0 aliphatic carbocycles. The minimum atomic E-state index is 0.600. The Kier molecular flexibility index (Phi) is 3.47. The topological polar surface area (TPSA) is 44.3 Å². The molecule has 1 aliphatic rings. The molecule has 2 atom stereocenters. The van der Waals surface area contributed by atoms with Crippen LogP contribution in [0, 0.1) is 5.92 Å². The first-order valence-electron chi connectivity index (χ1n) is 6.04. The molecule has 94 valence electrons. The maximum absolute atomic E-state index is 4.49. The number of likely N-dealkylation sites (N-methyl/N-ethyl adjacent to an activating group) is 1. The third-order valence-corrected chi connectivity index (χ3v) is 3.42. The molecule has 0 bridgehead atoms. The van der Waals surface area contributed by atoms with Crippen molar-refractivity contribution in [3.8, 4) is 0 Å². The lowest BCUT2D eigenvalue weighted by Gasteiger charge is -2.22. The van der Waals surface area contributed by atoms with Crippen molar-refractivity contribution in [2.75, 3.05) is 44.4 Å². The first-order valence-corrected chi connectivity index (χ1v) is 6.04. The Hall–Kier alpha value is -1.36. The fraction of sp³-hybridized carbons (Fsp3) is 0.667. The van der Waals surface area contributed by atoms with Crippen LogP contribution in [0.5, 0.6) is 0 Å². The third kappa shape index (κ3) is 2.49. The molecule has 1 aliphatic heterocycles. The second kappa shape index (κ2) is 4.87. The van der Waals surface area contributed by atoms with Crippen LogP contribution in [-0.2, 0) is 0 Å². The van der Waals surface area contributed by atoms with Crippen molar-refractivity contribution in [3.05, 3.63) is 12.3 Å². The lowest BCUT2D eigenvalue weighted by Crippen LogP contribution is -2.34. The van der Waals surface area contributed by atoms with Crippen molar-refractivity contribution >= 4 is 11.8 Å². The van der Waals surface area contributed by atoms with Crippen LogP contribution in [0.2, 0.25) is 0 Å². The van der Waals surface area contributed by atoms with E-state index in [4.69, 9.17) is 0 Å². The van der Waals surface area contributed by atoms with Gasteiger partial charge in [0.2, 0.25) is 5.95 Å². The summed E-state index contributed by atoms with van der Waals surface area (Å²) >= 11 is 0. The van der Waals surface area contributed by atoms with E-state index in [1.54, 1.807) is 0 Å². The molecule has 5 nitrogen and oxygen atoms in total. The zero-order chi connectivity index (χ0) is 12.4. The van der Waals surface area contributed by atoms with Crippen molar-refractivity contribution in [2.45, 2.75) is 13.0 Å². The highest BCUT2D eigenvalue weighted by atomic mass is 15.3. The first kappa shape index (κ1) is 12.1. The number of nitrogens with one attached hydrogen (secondary N) is 1. The minimum Gasteiger partial charge on any atom is -0.357 e. The number of hydrogen-bond acceptors (Lipinski definition) is 5. The molecule has 2 rings (SSSR count). The molecule has 0 saturated carbocycles. The summed E-state index contributed by atoms with van der Waals surface area (Å²) in [6.07, 6.45) is 1.81. The predicted octanol–water partition coefficient (Wildman–Crippen LogP) is 0.905. The van der Waals surface area contributed by atoms with Gasteiger partial charge in [-0.25, -0.2) is 4.98 Å². The lowest BCUT2D eigenvalue weighted by molar-refractivity contribution is 0.266. The summed E-state index contributed by atoms with van der Waals surface area (Å²) in [5.74, 6) is 2.36. The molecular formula is C12H21N5. The molecule has 17 heavy (non-hydrogen) atoms. The van der Waals surface area contributed by atoms with E-state index in [-0.39, 0.29) is 0 Å². The van der Waals surface area contributed by atoms with Gasteiger partial charge in [0.1, 0.15) is 5.82 Å². The Labute approximate surface area is 103 Å². The average Bonchev–Trinajstić information content (AvgIpc) is 2.71. The third-order valence-electron chi connectivity index (χ3n) is 3.42. The van der Waals surface area contributed by atoms with E-state index in [0.29, 0.717) is 17.9 Å². The summed E-state index contributed by atoms with van der Waals surface area (Å²) < 4.78 is 0. The molecular weight excluding hydrogens is 214 g/mol. The van der Waals surface area contributed by atoms with Gasteiger partial charge in [-0.1, -0.05) is 6.92 Å². The van der Waals surface area contributed by atoms with Crippen molar-refractivity contribution in [3.63, 3.8) is 0 Å². The van der Waals surface area contributed by atoms with E-state index in [1.807, 2.05) is 19.3 Å². The SMILES string of the molecule is CNc1nccc(N2CC(C)C(N(C)C)C2)n1. The lowest BCUT2D eigenvalue weighted by atomic mass is 10.1. The molecule has 1 N–H and O–H groups in total. The molecule has 5 heteroatoms. The van der Waals surface area contributed by atoms with Gasteiger partial charge in [-0.15, -0.1) is 0 Å². The van der Waals surface area contributed by atoms with Crippen LogP contribution in [0.4, 0.5) is 11.8 Å². The normalized spacial score (nSPS) is 24.4. The monoisotopic (exact) mass is 235 g/mol. The summed E-state index contributed by atoms with van der Waals surface area (Å²) in [5.41, 5.74) is 0. The second-order valence-electron chi connectivity index (χ2n) is 4.90. The largest absolute Gasteiger partial charge is 0.357 e. The summed E-state index contributed by atoms with van der Waals surface area (Å²) in [6, 6.07) is 2.58. The zero-order valence-corrected chi connectivity index (χ0v) is 11.0. The van der Waals surface area contributed by atoms with Crippen LogP contribution >= 0.6 is 0 Å². The van der Waals surface area contributed by atoms with Crippen molar-refractivity contribution in [1.29, 1.82) is 0 Å². The summed E-state index contributed by atoms with van der Waals surface area (Å²) in [5, 5.41) is 2.98. The predicted molar refractivity (Wildman–Crippen MR) is 70.4 cm³/mol. The van der Waals surface area contributed by atoms with Crippen LogP contribution in [0.1, 0.15) is 6.92 Å². The van der Waals surface area contributed by atoms with Crippen molar-refractivity contribution in [2.24, 2.45) is 5.92 Å². The standard InChI is InChI=1S/C12H21N5/c1-9-7-17(8-10(9)16(3)4)11-5-6-14-12(13-2)15-11/h5-6,9-10H,7-8H2,1-4H3,(H,13,14,15). The maximum Gasteiger partial charge on any atom is 0.224 e. The van der Waals surface area contributed by atoms with E-state index in [2.05, 4.69) is 46.1 Å². The summed E-state index contributed by atoms with van der Waals surface area (Å²) in [4.78, 5) is 13.3. The van der Waals surface area contributed by atoms with E-state index in [0.717, 1.165) is 18.9 Å². The highest BCUT2D eigenvalue weighted by Crippen LogP contribution is 2.24. The molecule has 2 heterocycles. The molecule has 1 fully saturated rings. The highest BCUT2D eigenvalue weighted by Gasteiger charge is 2.31. The number of aromatic nitrogens is 2. The van der Waals surface area contributed by atoms with Crippen LogP contribution < -0.4 is 10.2 Å². The molecule has 1 aromatic heterocycles. The van der Waals surface area contributed by atoms with Gasteiger partial charge in [0.15, 0.2) is 0 Å². The molecule has 0 amide bonds. The first-order chi connectivity index (χ1) is 8.11. The Morgan fingerprint density at radius 2 is 2.18 bits per heavy atom. The fourth-order valence-electron chi connectivity index (χ4n) is 2.45. The second-order valence-corrected chi connectivity index (χ2v) is 4.90. The van der Waals surface area contributed by atoms with Gasteiger partial charge >= 0.3 is 0 Å². The number of nitrogens with zero attached hydrogens (tertiary/aromatic N) is 4. The molecule has 2 unspecified atom stereocenters. The highest BCUT2D eigenvalue weighted by molar-refractivity contribution is 5.43. The van der Waals surface area contributed by atoms with Gasteiger partial charge in [-0.2, -0.15) is 4.98 Å². The van der Waals surface area contributed by atoms with Gasteiger partial charge in [0.25, 0.3) is 0 Å². The van der Waals surface area contributed by atoms with E-state index >= 15 is 0 Å². The minimum absolute atomic E-state index is 0.600. The number of anilines is 2. The Morgan fingerprint density at radius 3 is 2.76 bits per heavy atom. The Morgan fingerprint density at radius 1 is 1.41 bits per heavy atom. The van der Waals surface area contributed by atoms with E-state index in [1.165, 1.54) is 0 Å². The van der Waals surface area contributed by atoms with Gasteiger partial charge < -0.3 is 15.1 Å². The van der Waals surface area contributed by atoms with Crippen LogP contribution in [0.3, 0.4) is 0 Å². The maximum atomic E-state index is 4.49. The average molecular weight is 235 g/mol. The van der Waals surface area contributed by atoms with E-state index in [9.17, 15) is 0 Å². The van der Waals surface area contributed by atoms with Crippen molar-refractivity contribution < 1.29 is 0 Å². The summed E-state index contributed by atoms with van der Waals surface area (Å²) in [7, 11) is 6.13. The zero-order valence-electron chi connectivity index (χ0n) is 11.0. The quantitative estimate of drug-likeness (QED) is 0.843.